The van der Waals surface area contributed by atoms with Gasteiger partial charge in [0.1, 0.15) is 17.4 Å². The summed E-state index contributed by atoms with van der Waals surface area (Å²) in [7, 11) is 1.62. The van der Waals surface area contributed by atoms with Gasteiger partial charge in [0.05, 0.1) is 7.11 Å². The van der Waals surface area contributed by atoms with Crippen LogP contribution in [0.3, 0.4) is 0 Å². The number of rotatable bonds is 7. The molecule has 0 atom stereocenters. The molecule has 0 unspecified atom stereocenters. The lowest BCUT2D eigenvalue weighted by Gasteiger charge is -2.36. The number of halogens is 1. The minimum atomic E-state index is -0.259. The number of methoxy groups -OCH3 is 1. The molecular weight excluding hydrogens is 423 g/mol. The largest absolute Gasteiger partial charge is 0.493 e. The van der Waals surface area contributed by atoms with Crippen molar-refractivity contribution in [2.75, 3.05) is 33.3 Å². The highest BCUT2D eigenvalue weighted by atomic mass is 32.1. The second kappa shape index (κ2) is 10.6. The van der Waals surface area contributed by atoms with Crippen molar-refractivity contribution in [3.8, 4) is 11.5 Å². The van der Waals surface area contributed by atoms with Crippen LogP contribution >= 0.6 is 12.2 Å². The first-order valence-corrected chi connectivity index (χ1v) is 11.1. The van der Waals surface area contributed by atoms with Crippen molar-refractivity contribution < 1.29 is 13.9 Å². The number of nitrogens with zero attached hydrogens (tertiary/aromatic N) is 2. The molecule has 3 aromatic carbocycles. The van der Waals surface area contributed by atoms with Crippen LogP contribution in [0.2, 0.25) is 0 Å². The number of thiocarbonyl (C=S) groups is 1. The van der Waals surface area contributed by atoms with Crippen LogP contribution < -0.4 is 9.47 Å². The Labute approximate surface area is 194 Å². The fourth-order valence-electron chi connectivity index (χ4n) is 3.79. The maximum absolute atomic E-state index is 13.1. The van der Waals surface area contributed by atoms with Gasteiger partial charge in [-0.05, 0) is 41.5 Å². The molecule has 4 nitrogen and oxygen atoms in total. The highest BCUT2D eigenvalue weighted by Gasteiger charge is 2.20. The SMILES string of the molecule is COc1cc(C(=S)N2CCN(Cc3ccccc3)CC2)ccc1OCc1ccc(F)cc1. The van der Waals surface area contributed by atoms with Crippen LogP contribution in [0, 0.1) is 5.82 Å². The molecule has 1 fully saturated rings. The number of benzene rings is 3. The van der Waals surface area contributed by atoms with Gasteiger partial charge in [-0.1, -0.05) is 54.7 Å². The zero-order chi connectivity index (χ0) is 22.3. The maximum atomic E-state index is 13.1. The summed E-state index contributed by atoms with van der Waals surface area (Å²) in [5.41, 5.74) is 3.17. The van der Waals surface area contributed by atoms with E-state index in [0.717, 1.165) is 48.8 Å². The summed E-state index contributed by atoms with van der Waals surface area (Å²) in [6, 6.07) is 22.6. The molecule has 0 amide bonds. The van der Waals surface area contributed by atoms with E-state index in [-0.39, 0.29) is 5.82 Å². The van der Waals surface area contributed by atoms with E-state index in [9.17, 15) is 4.39 Å². The summed E-state index contributed by atoms with van der Waals surface area (Å²) < 4.78 is 24.5. The van der Waals surface area contributed by atoms with Gasteiger partial charge in [-0.2, -0.15) is 0 Å². The molecule has 32 heavy (non-hydrogen) atoms. The van der Waals surface area contributed by atoms with Crippen molar-refractivity contribution in [2.24, 2.45) is 0 Å². The molecule has 3 aromatic rings. The van der Waals surface area contributed by atoms with Crippen LogP contribution in [0.15, 0.2) is 72.8 Å². The third-order valence-electron chi connectivity index (χ3n) is 5.63. The number of hydrogen-bond donors (Lipinski definition) is 0. The monoisotopic (exact) mass is 450 g/mol. The first kappa shape index (κ1) is 22.2. The summed E-state index contributed by atoms with van der Waals surface area (Å²) in [5, 5.41) is 0. The van der Waals surface area contributed by atoms with Crippen LogP contribution in [0.25, 0.3) is 0 Å². The first-order chi connectivity index (χ1) is 15.6. The number of ether oxygens (including phenoxy) is 2. The van der Waals surface area contributed by atoms with Crippen molar-refractivity contribution in [3.63, 3.8) is 0 Å². The first-order valence-electron chi connectivity index (χ1n) is 10.7. The standard InChI is InChI=1S/C26H27FN2O2S/c1-30-25-17-22(9-12-24(25)31-19-21-7-10-23(27)11-8-21)26(32)29-15-13-28(14-16-29)18-20-5-3-2-4-6-20/h2-12,17H,13-16,18-19H2,1H3. The van der Waals surface area contributed by atoms with Crippen LogP contribution in [0.1, 0.15) is 16.7 Å². The molecule has 0 radical (unpaired) electrons. The van der Waals surface area contributed by atoms with Crippen LogP contribution in [-0.2, 0) is 13.2 Å². The van der Waals surface area contributed by atoms with Crippen LogP contribution in [0.4, 0.5) is 4.39 Å². The minimum Gasteiger partial charge on any atom is -0.493 e. The molecule has 0 aromatic heterocycles. The third kappa shape index (κ3) is 5.64. The predicted octanol–water partition coefficient (Wildman–Crippen LogP) is 4.91. The van der Waals surface area contributed by atoms with Crippen LogP contribution in [-0.4, -0.2) is 48.1 Å². The van der Waals surface area contributed by atoms with E-state index in [1.165, 1.54) is 17.7 Å². The van der Waals surface area contributed by atoms with Gasteiger partial charge in [0.25, 0.3) is 0 Å². The Hall–Kier alpha value is -2.96. The molecule has 0 aliphatic carbocycles. The molecular formula is C26H27FN2O2S. The van der Waals surface area contributed by atoms with E-state index >= 15 is 0 Å². The van der Waals surface area contributed by atoms with E-state index in [0.29, 0.717) is 18.1 Å². The lowest BCUT2D eigenvalue weighted by Crippen LogP contribution is -2.48. The fourth-order valence-corrected chi connectivity index (χ4v) is 4.10. The third-order valence-corrected chi connectivity index (χ3v) is 6.12. The fraction of sp³-hybridized carbons (Fsp3) is 0.269. The lowest BCUT2D eigenvalue weighted by molar-refractivity contribution is 0.177. The normalized spacial score (nSPS) is 14.2. The van der Waals surface area contributed by atoms with E-state index < -0.39 is 0 Å². The molecule has 0 bridgehead atoms. The maximum Gasteiger partial charge on any atom is 0.161 e. The predicted molar refractivity (Wildman–Crippen MR) is 129 cm³/mol. The summed E-state index contributed by atoms with van der Waals surface area (Å²) in [6.07, 6.45) is 0. The molecule has 1 saturated heterocycles. The van der Waals surface area contributed by atoms with Gasteiger partial charge in [-0.15, -0.1) is 0 Å². The second-order valence-electron chi connectivity index (χ2n) is 7.83. The Morgan fingerprint density at radius 1 is 0.875 bits per heavy atom. The van der Waals surface area contributed by atoms with Gasteiger partial charge in [0.2, 0.25) is 0 Å². The summed E-state index contributed by atoms with van der Waals surface area (Å²) >= 11 is 5.79. The molecule has 1 aliphatic heterocycles. The Balaban J connectivity index is 1.35. The average molecular weight is 451 g/mol. The summed E-state index contributed by atoms with van der Waals surface area (Å²) in [5.74, 6) is 1.01. The Kier molecular flexibility index (Phi) is 7.35. The van der Waals surface area contributed by atoms with Crippen molar-refractivity contribution in [1.82, 2.24) is 9.80 Å². The molecule has 1 aliphatic rings. The van der Waals surface area contributed by atoms with Gasteiger partial charge in [-0.3, -0.25) is 4.90 Å². The van der Waals surface area contributed by atoms with Crippen molar-refractivity contribution >= 4 is 17.2 Å². The number of piperazine rings is 1. The van der Waals surface area contributed by atoms with Gasteiger partial charge in [-0.25, -0.2) is 4.39 Å². The molecule has 166 valence electrons. The lowest BCUT2D eigenvalue weighted by atomic mass is 10.1. The van der Waals surface area contributed by atoms with Crippen molar-refractivity contribution in [3.05, 3.63) is 95.3 Å². The van der Waals surface area contributed by atoms with Gasteiger partial charge in [0.15, 0.2) is 11.5 Å². The van der Waals surface area contributed by atoms with Gasteiger partial charge < -0.3 is 14.4 Å². The summed E-state index contributed by atoms with van der Waals surface area (Å²) in [6.45, 7) is 5.06. The quantitative estimate of drug-likeness (QED) is 0.477. The van der Waals surface area contributed by atoms with E-state index in [1.54, 1.807) is 19.2 Å². The highest BCUT2D eigenvalue weighted by molar-refractivity contribution is 7.80. The topological polar surface area (TPSA) is 24.9 Å². The Morgan fingerprint density at radius 2 is 1.59 bits per heavy atom. The molecule has 4 rings (SSSR count). The van der Waals surface area contributed by atoms with E-state index in [2.05, 4.69) is 34.1 Å². The average Bonchev–Trinajstić information content (AvgIpc) is 2.84. The Bertz CT molecular complexity index is 1040. The van der Waals surface area contributed by atoms with E-state index in [1.807, 2.05) is 24.3 Å². The minimum absolute atomic E-state index is 0.259. The zero-order valence-electron chi connectivity index (χ0n) is 18.2. The molecule has 0 N–H and O–H groups in total. The summed E-state index contributed by atoms with van der Waals surface area (Å²) in [4.78, 5) is 5.54. The van der Waals surface area contributed by atoms with Crippen molar-refractivity contribution in [1.29, 1.82) is 0 Å². The molecule has 1 heterocycles. The molecule has 6 heteroatoms. The van der Waals surface area contributed by atoms with Gasteiger partial charge in [0, 0.05) is 38.3 Å². The smallest absolute Gasteiger partial charge is 0.161 e. The highest BCUT2D eigenvalue weighted by Crippen LogP contribution is 2.30. The van der Waals surface area contributed by atoms with Crippen LogP contribution in [0.5, 0.6) is 11.5 Å². The second-order valence-corrected chi connectivity index (χ2v) is 8.22. The van der Waals surface area contributed by atoms with Gasteiger partial charge >= 0.3 is 0 Å². The zero-order valence-corrected chi connectivity index (χ0v) is 19.0. The molecule has 0 spiro atoms. The van der Waals surface area contributed by atoms with Crippen molar-refractivity contribution in [2.45, 2.75) is 13.2 Å². The molecule has 0 saturated carbocycles. The van der Waals surface area contributed by atoms with E-state index in [4.69, 9.17) is 21.7 Å². The number of hydrogen-bond acceptors (Lipinski definition) is 4. The Morgan fingerprint density at radius 3 is 2.28 bits per heavy atom.